The van der Waals surface area contributed by atoms with Gasteiger partial charge in [-0.1, -0.05) is 30.3 Å². The van der Waals surface area contributed by atoms with Gasteiger partial charge in [0.25, 0.3) is 5.91 Å². The molecule has 0 aliphatic carbocycles. The Labute approximate surface area is 143 Å². The van der Waals surface area contributed by atoms with E-state index < -0.39 is 10.8 Å². The van der Waals surface area contributed by atoms with Gasteiger partial charge in [-0.05, 0) is 5.56 Å². The highest BCUT2D eigenvalue weighted by molar-refractivity contribution is 5.96. The molecule has 1 N–H and O–H groups in total. The lowest BCUT2D eigenvalue weighted by Crippen LogP contribution is -2.49. The minimum atomic E-state index is -0.631. The van der Waals surface area contributed by atoms with Crippen molar-refractivity contribution in [3.63, 3.8) is 0 Å². The van der Waals surface area contributed by atoms with Crippen molar-refractivity contribution in [3.05, 3.63) is 57.9 Å². The normalized spacial score (nSPS) is 16.2. The van der Waals surface area contributed by atoms with Crippen molar-refractivity contribution < 1.29 is 9.72 Å². The van der Waals surface area contributed by atoms with Crippen LogP contribution >= 0.6 is 0 Å². The number of rotatable bonds is 4. The van der Waals surface area contributed by atoms with Gasteiger partial charge in [-0.15, -0.1) is 0 Å². The molecule has 0 bridgehead atoms. The van der Waals surface area contributed by atoms with E-state index in [9.17, 15) is 20.2 Å². The Morgan fingerprint density at radius 3 is 2.56 bits per heavy atom. The van der Waals surface area contributed by atoms with Crippen molar-refractivity contribution in [1.29, 1.82) is 5.26 Å². The smallest absolute Gasteiger partial charge is 0.319 e. The lowest BCUT2D eigenvalue weighted by atomic mass is 10.1. The maximum absolute atomic E-state index is 12.5. The molecule has 1 atom stereocenters. The highest BCUT2D eigenvalue weighted by atomic mass is 16.6. The minimum Gasteiger partial charge on any atom is -0.335 e. The number of aromatic amines is 1. The lowest BCUT2D eigenvalue weighted by Gasteiger charge is -2.36. The van der Waals surface area contributed by atoms with Crippen molar-refractivity contribution in [2.24, 2.45) is 0 Å². The fourth-order valence-electron chi connectivity index (χ4n) is 2.92. The first kappa shape index (κ1) is 16.6. The summed E-state index contributed by atoms with van der Waals surface area (Å²) < 4.78 is 0. The Hall–Kier alpha value is -3.25. The average molecular weight is 340 g/mol. The van der Waals surface area contributed by atoms with Crippen LogP contribution in [0.2, 0.25) is 0 Å². The fraction of sp³-hybridized carbons (Fsp3) is 0.312. The highest BCUT2D eigenvalue weighted by Crippen LogP contribution is 2.23. The maximum atomic E-state index is 12.5. The van der Waals surface area contributed by atoms with Crippen LogP contribution in [0.3, 0.4) is 0 Å². The van der Waals surface area contributed by atoms with E-state index in [-0.39, 0.29) is 17.4 Å². The van der Waals surface area contributed by atoms with Crippen molar-refractivity contribution in [3.8, 4) is 6.07 Å². The van der Waals surface area contributed by atoms with Crippen LogP contribution in [-0.2, 0) is 0 Å². The number of nitro groups is 1. The van der Waals surface area contributed by atoms with Gasteiger partial charge in [0.1, 0.15) is 12.2 Å². The molecule has 3 rings (SSSR count). The average Bonchev–Trinajstić information content (AvgIpc) is 3.13. The molecule has 1 aromatic carbocycles. The second-order valence-electron chi connectivity index (χ2n) is 5.66. The molecule has 0 unspecified atom stereocenters. The van der Waals surface area contributed by atoms with Gasteiger partial charge in [0.15, 0.2) is 0 Å². The van der Waals surface area contributed by atoms with Gasteiger partial charge < -0.3 is 4.90 Å². The van der Waals surface area contributed by atoms with Gasteiger partial charge >= 0.3 is 5.69 Å². The molecule has 1 aliphatic heterocycles. The summed E-state index contributed by atoms with van der Waals surface area (Å²) in [5.41, 5.74) is 0.471. The second-order valence-corrected chi connectivity index (χ2v) is 5.66. The number of nitriles is 1. The van der Waals surface area contributed by atoms with E-state index >= 15 is 0 Å². The molecule has 1 saturated heterocycles. The van der Waals surface area contributed by atoms with Gasteiger partial charge in [0.2, 0.25) is 5.69 Å². The Morgan fingerprint density at radius 1 is 1.28 bits per heavy atom. The van der Waals surface area contributed by atoms with Crippen molar-refractivity contribution in [2.75, 3.05) is 26.2 Å². The minimum absolute atomic E-state index is 0.113. The van der Waals surface area contributed by atoms with Crippen LogP contribution in [0.5, 0.6) is 0 Å². The largest absolute Gasteiger partial charge is 0.335 e. The quantitative estimate of drug-likeness (QED) is 0.662. The van der Waals surface area contributed by atoms with E-state index in [1.54, 1.807) is 0 Å². The molecule has 0 radical (unpaired) electrons. The maximum Gasteiger partial charge on any atom is 0.319 e. The van der Waals surface area contributed by atoms with E-state index in [1.807, 2.05) is 35.2 Å². The zero-order valence-electron chi connectivity index (χ0n) is 13.3. The standard InChI is InChI=1S/C16H16N6O3/c17-10-13(12-4-2-1-3-5-12)20-6-8-21(9-7-20)16(23)15-14(22(24)25)11-18-19-15/h1-5,11,13H,6-9H2,(H,18,19)/t13-/m1/s1. The number of aromatic nitrogens is 2. The molecule has 1 aromatic heterocycles. The SMILES string of the molecule is N#C[C@H](c1ccccc1)N1CCN(C(=O)c2[nH]ncc2[N+](=O)[O-])CC1. The summed E-state index contributed by atoms with van der Waals surface area (Å²) in [7, 11) is 0. The molecule has 25 heavy (non-hydrogen) atoms. The Morgan fingerprint density at radius 2 is 1.96 bits per heavy atom. The Bertz CT molecular complexity index is 805. The number of H-pyrrole nitrogens is 1. The highest BCUT2D eigenvalue weighted by Gasteiger charge is 2.31. The van der Waals surface area contributed by atoms with Crippen molar-refractivity contribution in [1.82, 2.24) is 20.0 Å². The van der Waals surface area contributed by atoms with Crippen LogP contribution < -0.4 is 0 Å². The third-order valence-electron chi connectivity index (χ3n) is 4.23. The van der Waals surface area contributed by atoms with Crippen LogP contribution in [0, 0.1) is 21.4 Å². The predicted octanol–water partition coefficient (Wildman–Crippen LogP) is 1.34. The molecule has 1 fully saturated rings. The number of carbonyl (C=O) groups is 1. The number of amides is 1. The summed E-state index contributed by atoms with van der Waals surface area (Å²) in [6.07, 6.45) is 1.03. The van der Waals surface area contributed by atoms with E-state index in [4.69, 9.17) is 0 Å². The number of hydrogen-bond donors (Lipinski definition) is 1. The molecule has 1 aliphatic rings. The van der Waals surface area contributed by atoms with Gasteiger partial charge in [0, 0.05) is 26.2 Å². The zero-order valence-corrected chi connectivity index (χ0v) is 13.3. The Balaban J connectivity index is 1.67. The number of hydrogen-bond acceptors (Lipinski definition) is 6. The van der Waals surface area contributed by atoms with Gasteiger partial charge in [0.05, 0.1) is 11.0 Å². The first-order chi connectivity index (χ1) is 12.1. The fourth-order valence-corrected chi connectivity index (χ4v) is 2.92. The van der Waals surface area contributed by atoms with Crippen molar-refractivity contribution in [2.45, 2.75) is 6.04 Å². The van der Waals surface area contributed by atoms with Crippen LogP contribution in [0.4, 0.5) is 5.69 Å². The van der Waals surface area contributed by atoms with Crippen molar-refractivity contribution >= 4 is 11.6 Å². The van der Waals surface area contributed by atoms with Crippen LogP contribution in [0.15, 0.2) is 36.5 Å². The molecular formula is C16H16N6O3. The van der Waals surface area contributed by atoms with E-state index in [2.05, 4.69) is 16.3 Å². The predicted molar refractivity (Wildman–Crippen MR) is 87.5 cm³/mol. The first-order valence-corrected chi connectivity index (χ1v) is 7.77. The molecule has 9 nitrogen and oxygen atoms in total. The van der Waals surface area contributed by atoms with Gasteiger partial charge in [-0.2, -0.15) is 10.4 Å². The summed E-state index contributed by atoms with van der Waals surface area (Å²) in [6, 6.07) is 11.4. The third-order valence-corrected chi connectivity index (χ3v) is 4.23. The molecule has 1 amide bonds. The number of benzene rings is 1. The monoisotopic (exact) mass is 340 g/mol. The molecule has 128 valence electrons. The third kappa shape index (κ3) is 3.34. The van der Waals surface area contributed by atoms with Crippen LogP contribution in [0.1, 0.15) is 22.1 Å². The van der Waals surface area contributed by atoms with E-state index in [1.165, 1.54) is 4.90 Å². The van der Waals surface area contributed by atoms with Crippen LogP contribution in [0.25, 0.3) is 0 Å². The summed E-state index contributed by atoms with van der Waals surface area (Å²) in [5, 5.41) is 26.4. The summed E-state index contributed by atoms with van der Waals surface area (Å²) >= 11 is 0. The molecule has 2 heterocycles. The summed E-state index contributed by atoms with van der Waals surface area (Å²) in [4.78, 5) is 26.3. The lowest BCUT2D eigenvalue weighted by molar-refractivity contribution is -0.385. The first-order valence-electron chi connectivity index (χ1n) is 7.77. The van der Waals surface area contributed by atoms with Crippen LogP contribution in [-0.4, -0.2) is 57.0 Å². The molecule has 9 heteroatoms. The topological polar surface area (TPSA) is 119 Å². The molecule has 2 aromatic rings. The zero-order chi connectivity index (χ0) is 17.8. The summed E-state index contributed by atoms with van der Waals surface area (Å²) in [5.74, 6) is -0.447. The number of nitrogens with one attached hydrogen (secondary N) is 1. The van der Waals surface area contributed by atoms with E-state index in [0.717, 1.165) is 11.8 Å². The molecule has 0 saturated carbocycles. The number of carbonyl (C=O) groups excluding carboxylic acids is 1. The Kier molecular flexibility index (Phi) is 4.72. The van der Waals surface area contributed by atoms with Gasteiger partial charge in [-0.25, -0.2) is 0 Å². The second kappa shape index (κ2) is 7.11. The van der Waals surface area contributed by atoms with Gasteiger partial charge in [-0.3, -0.25) is 24.9 Å². The number of nitrogens with zero attached hydrogens (tertiary/aromatic N) is 5. The van der Waals surface area contributed by atoms with E-state index in [0.29, 0.717) is 26.2 Å². The molecular weight excluding hydrogens is 324 g/mol. The number of piperazine rings is 1. The molecule has 0 spiro atoms. The summed E-state index contributed by atoms with van der Waals surface area (Å²) in [6.45, 7) is 1.81.